The summed E-state index contributed by atoms with van der Waals surface area (Å²) in [5, 5.41) is 9.11. The van der Waals surface area contributed by atoms with Gasteiger partial charge in [-0.2, -0.15) is 0 Å². The van der Waals surface area contributed by atoms with Crippen LogP contribution >= 0.6 is 0 Å². The third-order valence-electron chi connectivity index (χ3n) is 4.11. The second-order valence-electron chi connectivity index (χ2n) is 5.80. The van der Waals surface area contributed by atoms with Crippen molar-refractivity contribution in [2.75, 3.05) is 17.2 Å². The lowest BCUT2D eigenvalue weighted by Crippen LogP contribution is -2.52. The average molecular weight is 309 g/mol. The number of anilines is 2. The molecule has 0 saturated carbocycles. The van der Waals surface area contributed by atoms with E-state index in [1.165, 1.54) is 0 Å². The molecule has 0 saturated heterocycles. The zero-order valence-corrected chi connectivity index (χ0v) is 12.5. The van der Waals surface area contributed by atoms with Gasteiger partial charge in [-0.05, 0) is 36.8 Å². The lowest BCUT2D eigenvalue weighted by molar-refractivity contribution is -0.118. The molecule has 0 fully saturated rings. The Labute approximate surface area is 132 Å². The van der Waals surface area contributed by atoms with Gasteiger partial charge in [0.25, 0.3) is 11.8 Å². The van der Waals surface area contributed by atoms with Gasteiger partial charge in [0.15, 0.2) is 6.61 Å². The summed E-state index contributed by atoms with van der Waals surface area (Å²) < 4.78 is 5.37. The first-order valence-electron chi connectivity index (χ1n) is 7.32. The van der Waals surface area contributed by atoms with Crippen molar-refractivity contribution in [1.82, 2.24) is 5.32 Å². The molecule has 2 aliphatic heterocycles. The summed E-state index contributed by atoms with van der Waals surface area (Å²) >= 11 is 0. The van der Waals surface area contributed by atoms with Gasteiger partial charge in [0, 0.05) is 5.69 Å². The van der Waals surface area contributed by atoms with Gasteiger partial charge >= 0.3 is 0 Å². The number of nitrogens with one attached hydrogen (secondary N) is 3. The van der Waals surface area contributed by atoms with E-state index in [4.69, 9.17) is 4.74 Å². The van der Waals surface area contributed by atoms with Crippen LogP contribution in [0.25, 0.3) is 0 Å². The Hall–Kier alpha value is -3.02. The zero-order valence-electron chi connectivity index (χ0n) is 12.5. The lowest BCUT2D eigenvalue weighted by Gasteiger charge is -2.38. The predicted octanol–water partition coefficient (Wildman–Crippen LogP) is 2.05. The van der Waals surface area contributed by atoms with E-state index in [0.717, 1.165) is 11.3 Å². The molecule has 2 heterocycles. The number of amides is 2. The highest BCUT2D eigenvalue weighted by Crippen LogP contribution is 2.35. The number of carbonyl (C=O) groups excluding carboxylic acids is 2. The van der Waals surface area contributed by atoms with Gasteiger partial charge in [0.1, 0.15) is 11.4 Å². The molecule has 23 heavy (non-hydrogen) atoms. The topological polar surface area (TPSA) is 79.5 Å². The molecule has 1 atom stereocenters. The van der Waals surface area contributed by atoms with Gasteiger partial charge in [-0.15, -0.1) is 0 Å². The number of ether oxygens (including phenoxy) is 1. The molecule has 3 N–H and O–H groups in total. The average Bonchev–Trinajstić information content (AvgIpc) is 2.54. The number of carbonyl (C=O) groups is 2. The predicted molar refractivity (Wildman–Crippen MR) is 85.4 cm³/mol. The molecular formula is C17H15N3O3. The van der Waals surface area contributed by atoms with E-state index < -0.39 is 5.66 Å². The van der Waals surface area contributed by atoms with Gasteiger partial charge in [-0.3, -0.25) is 9.59 Å². The SMILES string of the molecule is CC1(c2ccc3c(c2)NC(=O)CO3)NC(=O)c2ccccc2N1. The van der Waals surface area contributed by atoms with E-state index in [1.54, 1.807) is 12.1 Å². The molecule has 0 radical (unpaired) electrons. The number of hydrogen-bond acceptors (Lipinski definition) is 4. The number of fused-ring (bicyclic) bond motifs is 2. The van der Waals surface area contributed by atoms with Gasteiger partial charge in [-0.1, -0.05) is 18.2 Å². The molecule has 4 rings (SSSR count). The Morgan fingerprint density at radius 2 is 1.87 bits per heavy atom. The molecule has 0 aliphatic carbocycles. The molecule has 2 aromatic rings. The van der Waals surface area contributed by atoms with Crippen LogP contribution < -0.4 is 20.7 Å². The van der Waals surface area contributed by atoms with Crippen molar-refractivity contribution in [3.8, 4) is 5.75 Å². The first-order chi connectivity index (χ1) is 11.0. The van der Waals surface area contributed by atoms with Crippen molar-refractivity contribution in [2.45, 2.75) is 12.6 Å². The van der Waals surface area contributed by atoms with E-state index >= 15 is 0 Å². The summed E-state index contributed by atoms with van der Waals surface area (Å²) in [6, 6.07) is 12.8. The highest BCUT2D eigenvalue weighted by atomic mass is 16.5. The highest BCUT2D eigenvalue weighted by Gasteiger charge is 2.35. The minimum Gasteiger partial charge on any atom is -0.482 e. The third kappa shape index (κ3) is 2.19. The van der Waals surface area contributed by atoms with Crippen LogP contribution in [0.2, 0.25) is 0 Å². The Morgan fingerprint density at radius 3 is 2.74 bits per heavy atom. The van der Waals surface area contributed by atoms with Crippen LogP contribution in [-0.2, 0) is 10.5 Å². The zero-order chi connectivity index (χ0) is 16.0. The smallest absolute Gasteiger partial charge is 0.262 e. The number of rotatable bonds is 1. The minimum atomic E-state index is -0.775. The van der Waals surface area contributed by atoms with E-state index in [2.05, 4.69) is 16.0 Å². The molecular weight excluding hydrogens is 294 g/mol. The molecule has 2 amide bonds. The molecule has 1 unspecified atom stereocenters. The van der Waals surface area contributed by atoms with Crippen molar-refractivity contribution in [2.24, 2.45) is 0 Å². The molecule has 6 heteroatoms. The Bertz CT molecular complexity index is 834. The largest absolute Gasteiger partial charge is 0.482 e. The maximum Gasteiger partial charge on any atom is 0.262 e. The van der Waals surface area contributed by atoms with Crippen molar-refractivity contribution < 1.29 is 14.3 Å². The molecule has 2 aromatic carbocycles. The van der Waals surface area contributed by atoms with Crippen LogP contribution in [0.1, 0.15) is 22.8 Å². The molecule has 116 valence electrons. The Morgan fingerprint density at radius 1 is 1.04 bits per heavy atom. The Balaban J connectivity index is 1.75. The summed E-state index contributed by atoms with van der Waals surface area (Å²) in [7, 11) is 0. The van der Waals surface area contributed by atoms with E-state index in [0.29, 0.717) is 17.0 Å². The van der Waals surface area contributed by atoms with Crippen molar-refractivity contribution in [3.63, 3.8) is 0 Å². The van der Waals surface area contributed by atoms with Crippen molar-refractivity contribution >= 4 is 23.2 Å². The van der Waals surface area contributed by atoms with E-state index in [-0.39, 0.29) is 18.4 Å². The van der Waals surface area contributed by atoms with E-state index in [1.807, 2.05) is 37.3 Å². The standard InChI is InChI=1S/C17H15N3O3/c1-17(19-12-5-3-2-4-11(12)16(22)20-17)10-6-7-14-13(8-10)18-15(21)9-23-14/h2-8,19H,9H2,1H3,(H,18,21)(H,20,22). The number of hydrogen-bond donors (Lipinski definition) is 3. The third-order valence-corrected chi connectivity index (χ3v) is 4.11. The quantitative estimate of drug-likeness (QED) is 0.753. The molecule has 2 aliphatic rings. The fourth-order valence-corrected chi connectivity index (χ4v) is 2.92. The monoisotopic (exact) mass is 309 g/mol. The Kier molecular flexibility index (Phi) is 2.81. The van der Waals surface area contributed by atoms with Crippen LogP contribution in [0.4, 0.5) is 11.4 Å². The summed E-state index contributed by atoms with van der Waals surface area (Å²) in [6.07, 6.45) is 0. The maximum absolute atomic E-state index is 12.4. The normalized spacial score (nSPS) is 22.0. The van der Waals surface area contributed by atoms with Gasteiger partial charge in [-0.25, -0.2) is 0 Å². The number of benzene rings is 2. The maximum atomic E-state index is 12.4. The van der Waals surface area contributed by atoms with E-state index in [9.17, 15) is 9.59 Å². The van der Waals surface area contributed by atoms with Crippen LogP contribution in [0.15, 0.2) is 42.5 Å². The summed E-state index contributed by atoms with van der Waals surface area (Å²) in [4.78, 5) is 23.9. The van der Waals surface area contributed by atoms with Crippen molar-refractivity contribution in [3.05, 3.63) is 53.6 Å². The fourth-order valence-electron chi connectivity index (χ4n) is 2.92. The summed E-state index contributed by atoms with van der Waals surface area (Å²) in [6.45, 7) is 1.90. The highest BCUT2D eigenvalue weighted by molar-refractivity contribution is 6.02. The van der Waals surface area contributed by atoms with Gasteiger partial charge < -0.3 is 20.7 Å². The number of para-hydroxylation sites is 1. The van der Waals surface area contributed by atoms with Crippen LogP contribution in [0.3, 0.4) is 0 Å². The molecule has 0 aromatic heterocycles. The summed E-state index contributed by atoms with van der Waals surface area (Å²) in [5.41, 5.74) is 2.04. The fraction of sp³-hybridized carbons (Fsp3) is 0.176. The molecule has 6 nitrogen and oxygen atoms in total. The second-order valence-corrected chi connectivity index (χ2v) is 5.80. The first-order valence-corrected chi connectivity index (χ1v) is 7.32. The first kappa shape index (κ1) is 13.6. The molecule has 0 bridgehead atoms. The molecule has 0 spiro atoms. The van der Waals surface area contributed by atoms with Gasteiger partial charge in [0.05, 0.1) is 11.3 Å². The van der Waals surface area contributed by atoms with Crippen molar-refractivity contribution in [1.29, 1.82) is 0 Å². The van der Waals surface area contributed by atoms with Crippen LogP contribution in [0.5, 0.6) is 5.75 Å². The van der Waals surface area contributed by atoms with Crippen LogP contribution in [-0.4, -0.2) is 18.4 Å². The van der Waals surface area contributed by atoms with Crippen LogP contribution in [0, 0.1) is 0 Å². The minimum absolute atomic E-state index is 0.0198. The second kappa shape index (κ2) is 4.74. The lowest BCUT2D eigenvalue weighted by atomic mass is 9.95. The summed E-state index contributed by atoms with van der Waals surface area (Å²) in [5.74, 6) is 0.296. The van der Waals surface area contributed by atoms with Gasteiger partial charge in [0.2, 0.25) is 0 Å².